The van der Waals surface area contributed by atoms with Crippen LogP contribution in [0.1, 0.15) is 58.8 Å². The first kappa shape index (κ1) is 14.0. The summed E-state index contributed by atoms with van der Waals surface area (Å²) in [5, 5.41) is 3.80. The smallest absolute Gasteiger partial charge is 0.0154 e. The van der Waals surface area contributed by atoms with Gasteiger partial charge in [0.2, 0.25) is 0 Å². The molecule has 0 bridgehead atoms. The van der Waals surface area contributed by atoms with Crippen molar-refractivity contribution in [3.63, 3.8) is 0 Å². The lowest BCUT2D eigenvalue weighted by molar-refractivity contribution is 0.218. The van der Waals surface area contributed by atoms with E-state index >= 15 is 0 Å². The van der Waals surface area contributed by atoms with Crippen molar-refractivity contribution in [1.82, 2.24) is 10.2 Å². The van der Waals surface area contributed by atoms with Gasteiger partial charge in [0.15, 0.2) is 0 Å². The van der Waals surface area contributed by atoms with Crippen molar-refractivity contribution >= 4 is 0 Å². The molecular weight excluding hydrogens is 196 g/mol. The third kappa shape index (κ3) is 5.31. The molecule has 2 heteroatoms. The fourth-order valence-electron chi connectivity index (χ4n) is 2.66. The van der Waals surface area contributed by atoms with Crippen LogP contribution >= 0.6 is 0 Å². The van der Waals surface area contributed by atoms with Crippen LogP contribution in [-0.4, -0.2) is 37.1 Å². The molecule has 0 saturated carbocycles. The normalized spacial score (nSPS) is 22.7. The lowest BCUT2D eigenvalue weighted by Crippen LogP contribution is -2.45. The highest BCUT2D eigenvalue weighted by molar-refractivity contribution is 4.85. The molecule has 1 N–H and O–H groups in total. The van der Waals surface area contributed by atoms with Gasteiger partial charge < -0.3 is 10.2 Å². The number of nitrogens with one attached hydrogen (secondary N) is 1. The van der Waals surface area contributed by atoms with E-state index in [1.54, 1.807) is 0 Å². The molecule has 0 unspecified atom stereocenters. The summed E-state index contributed by atoms with van der Waals surface area (Å²) < 4.78 is 0. The average molecular weight is 226 g/mol. The molecule has 0 aliphatic carbocycles. The second-order valence-corrected chi connectivity index (χ2v) is 5.70. The first-order valence-corrected chi connectivity index (χ1v) is 7.10. The summed E-state index contributed by atoms with van der Waals surface area (Å²) in [5.41, 5.74) is 0.412. The third-order valence-corrected chi connectivity index (χ3v) is 3.87. The van der Waals surface area contributed by atoms with E-state index in [0.717, 1.165) is 0 Å². The fraction of sp³-hybridized carbons (Fsp3) is 1.00. The van der Waals surface area contributed by atoms with Crippen molar-refractivity contribution < 1.29 is 0 Å². The largest absolute Gasteiger partial charge is 0.312 e. The average Bonchev–Trinajstić information content (AvgIpc) is 2.22. The lowest BCUT2D eigenvalue weighted by Gasteiger charge is -2.35. The summed E-state index contributed by atoms with van der Waals surface area (Å²) in [6, 6.07) is 0. The van der Waals surface area contributed by atoms with Crippen LogP contribution in [0.3, 0.4) is 0 Å². The molecule has 0 aromatic carbocycles. The number of unbranched alkanes of at least 4 members (excludes halogenated alkanes) is 2. The molecule has 0 aromatic rings. The van der Waals surface area contributed by atoms with Crippen LogP contribution in [-0.2, 0) is 0 Å². The van der Waals surface area contributed by atoms with Gasteiger partial charge in [0.05, 0.1) is 0 Å². The minimum atomic E-state index is 0.412. The molecule has 1 fully saturated rings. The van der Waals surface area contributed by atoms with Gasteiger partial charge in [0.1, 0.15) is 0 Å². The quantitative estimate of drug-likeness (QED) is 0.725. The van der Waals surface area contributed by atoms with Crippen molar-refractivity contribution in [1.29, 1.82) is 0 Å². The zero-order valence-corrected chi connectivity index (χ0v) is 11.5. The number of hydrogen-bond donors (Lipinski definition) is 1. The summed E-state index contributed by atoms with van der Waals surface area (Å²) in [4.78, 5) is 2.47. The molecule has 0 amide bonds. The molecule has 16 heavy (non-hydrogen) atoms. The highest BCUT2D eigenvalue weighted by Crippen LogP contribution is 2.21. The van der Waals surface area contributed by atoms with Gasteiger partial charge in [-0.2, -0.15) is 0 Å². The van der Waals surface area contributed by atoms with E-state index in [-0.39, 0.29) is 0 Å². The molecule has 1 rings (SSSR count). The van der Waals surface area contributed by atoms with Crippen LogP contribution in [0.4, 0.5) is 0 Å². The van der Waals surface area contributed by atoms with Crippen molar-refractivity contribution in [2.45, 2.75) is 64.3 Å². The van der Waals surface area contributed by atoms with E-state index in [9.17, 15) is 0 Å². The van der Waals surface area contributed by atoms with Crippen LogP contribution in [0.15, 0.2) is 0 Å². The zero-order valence-electron chi connectivity index (χ0n) is 11.5. The lowest BCUT2D eigenvalue weighted by atomic mass is 9.88. The first-order valence-electron chi connectivity index (χ1n) is 7.10. The van der Waals surface area contributed by atoms with Crippen LogP contribution in [0.2, 0.25) is 0 Å². The van der Waals surface area contributed by atoms with Gasteiger partial charge in [-0.05, 0) is 65.7 Å². The Morgan fingerprint density at radius 3 is 2.31 bits per heavy atom. The van der Waals surface area contributed by atoms with Crippen LogP contribution in [0.5, 0.6) is 0 Å². The molecule has 0 radical (unpaired) electrons. The Hall–Kier alpha value is -0.0800. The molecule has 0 atom stereocenters. The van der Waals surface area contributed by atoms with Gasteiger partial charge in [-0.1, -0.05) is 19.8 Å². The fourth-order valence-corrected chi connectivity index (χ4v) is 2.66. The predicted octanol–water partition coefficient (Wildman–Crippen LogP) is 3.03. The predicted molar refractivity (Wildman–Crippen MR) is 71.9 cm³/mol. The van der Waals surface area contributed by atoms with E-state index in [4.69, 9.17) is 0 Å². The Morgan fingerprint density at radius 1 is 1.12 bits per heavy atom. The van der Waals surface area contributed by atoms with Crippen molar-refractivity contribution in [2.24, 2.45) is 0 Å². The monoisotopic (exact) mass is 226 g/mol. The number of rotatable bonds is 5. The molecule has 1 aliphatic heterocycles. The molecule has 0 spiro atoms. The van der Waals surface area contributed by atoms with E-state index in [1.165, 1.54) is 64.6 Å². The first-order chi connectivity index (χ1) is 7.66. The van der Waals surface area contributed by atoms with Crippen molar-refractivity contribution in [3.8, 4) is 0 Å². The van der Waals surface area contributed by atoms with E-state index < -0.39 is 0 Å². The van der Waals surface area contributed by atoms with Crippen molar-refractivity contribution in [2.75, 3.05) is 26.7 Å². The number of likely N-dealkylation sites (tertiary alicyclic amines) is 1. The molecule has 96 valence electrons. The van der Waals surface area contributed by atoms with Crippen LogP contribution in [0, 0.1) is 0 Å². The Kier molecular flexibility index (Phi) is 6.37. The number of nitrogens with zero attached hydrogens (tertiary/aromatic N) is 1. The van der Waals surface area contributed by atoms with Crippen molar-refractivity contribution in [3.05, 3.63) is 0 Å². The maximum absolute atomic E-state index is 3.80. The standard InChI is InChI=1S/C14H30N2/c1-4-5-6-11-15-14(2)9-7-12-16(3)13-8-10-14/h15H,4-13H2,1-3H3. The molecule has 2 nitrogen and oxygen atoms in total. The van der Waals surface area contributed by atoms with Gasteiger partial charge in [-0.15, -0.1) is 0 Å². The Morgan fingerprint density at radius 2 is 1.75 bits per heavy atom. The van der Waals surface area contributed by atoms with E-state index in [2.05, 4.69) is 31.1 Å². The summed E-state index contributed by atoms with van der Waals surface area (Å²) >= 11 is 0. The zero-order chi connectivity index (χ0) is 11.9. The summed E-state index contributed by atoms with van der Waals surface area (Å²) in [6.07, 6.45) is 9.38. The Bertz CT molecular complexity index is 170. The SMILES string of the molecule is CCCCCNC1(C)CCCN(C)CCC1. The van der Waals surface area contributed by atoms with Gasteiger partial charge in [-0.25, -0.2) is 0 Å². The highest BCUT2D eigenvalue weighted by atomic mass is 15.1. The molecule has 1 aliphatic rings. The molecule has 0 aromatic heterocycles. The van der Waals surface area contributed by atoms with Crippen LogP contribution < -0.4 is 5.32 Å². The van der Waals surface area contributed by atoms with Crippen LogP contribution in [0.25, 0.3) is 0 Å². The molecule has 1 saturated heterocycles. The second kappa shape index (κ2) is 7.29. The van der Waals surface area contributed by atoms with E-state index in [1.807, 2.05) is 0 Å². The topological polar surface area (TPSA) is 15.3 Å². The van der Waals surface area contributed by atoms with Gasteiger partial charge in [0.25, 0.3) is 0 Å². The maximum atomic E-state index is 3.80. The minimum absolute atomic E-state index is 0.412. The Labute approximate surface area is 102 Å². The highest BCUT2D eigenvalue weighted by Gasteiger charge is 2.24. The van der Waals surface area contributed by atoms with Gasteiger partial charge >= 0.3 is 0 Å². The molecule has 1 heterocycles. The Balaban J connectivity index is 2.25. The number of hydrogen-bond acceptors (Lipinski definition) is 2. The summed E-state index contributed by atoms with van der Waals surface area (Å²) in [7, 11) is 2.25. The van der Waals surface area contributed by atoms with Gasteiger partial charge in [0, 0.05) is 5.54 Å². The van der Waals surface area contributed by atoms with Gasteiger partial charge in [-0.3, -0.25) is 0 Å². The maximum Gasteiger partial charge on any atom is 0.0154 e. The van der Waals surface area contributed by atoms with E-state index in [0.29, 0.717) is 5.54 Å². The molecular formula is C14H30N2. The summed E-state index contributed by atoms with van der Waals surface area (Å²) in [6.45, 7) is 8.44. The third-order valence-electron chi connectivity index (χ3n) is 3.87. The summed E-state index contributed by atoms with van der Waals surface area (Å²) in [5.74, 6) is 0. The minimum Gasteiger partial charge on any atom is -0.312 e. The second-order valence-electron chi connectivity index (χ2n) is 5.70.